The summed E-state index contributed by atoms with van der Waals surface area (Å²) in [5.74, 6) is 0.271. The highest BCUT2D eigenvalue weighted by Crippen LogP contribution is 2.28. The highest BCUT2D eigenvalue weighted by atomic mass is 79.9. The Labute approximate surface area is 109 Å². The number of hydrogen-bond acceptors (Lipinski definition) is 5. The van der Waals surface area contributed by atoms with Crippen molar-refractivity contribution >= 4 is 33.4 Å². The van der Waals surface area contributed by atoms with Crippen LogP contribution in [-0.4, -0.2) is 23.6 Å². The van der Waals surface area contributed by atoms with Crippen LogP contribution >= 0.6 is 15.9 Å². The number of anilines is 2. The molecule has 3 N–H and O–H groups in total. The summed E-state index contributed by atoms with van der Waals surface area (Å²) in [5, 5.41) is 2.97. The normalized spacial score (nSPS) is 12.0. The third kappa shape index (κ3) is 3.33. The van der Waals surface area contributed by atoms with Gasteiger partial charge in [0.1, 0.15) is 11.9 Å². The van der Waals surface area contributed by atoms with E-state index < -0.39 is 6.04 Å². The van der Waals surface area contributed by atoms with E-state index in [-0.39, 0.29) is 5.97 Å². The van der Waals surface area contributed by atoms with Gasteiger partial charge < -0.3 is 15.8 Å². The van der Waals surface area contributed by atoms with E-state index in [0.717, 1.165) is 10.0 Å². The maximum Gasteiger partial charge on any atom is 0.328 e. The summed E-state index contributed by atoms with van der Waals surface area (Å²) in [6.07, 6.45) is 1.56. The number of ether oxygens (including phenoxy) is 1. The van der Waals surface area contributed by atoms with Crippen LogP contribution in [0.15, 0.2) is 10.7 Å². The van der Waals surface area contributed by atoms with Crippen LogP contribution in [0.1, 0.15) is 19.4 Å². The summed E-state index contributed by atoms with van der Waals surface area (Å²) in [7, 11) is 0. The lowest BCUT2D eigenvalue weighted by atomic mass is 10.2. The van der Waals surface area contributed by atoms with Crippen LogP contribution in [0, 0.1) is 6.92 Å². The molecule has 17 heavy (non-hydrogen) atoms. The van der Waals surface area contributed by atoms with Gasteiger partial charge in [-0.2, -0.15) is 0 Å². The van der Waals surface area contributed by atoms with Gasteiger partial charge in [0.05, 0.1) is 23.0 Å². The van der Waals surface area contributed by atoms with Crippen molar-refractivity contribution in [2.24, 2.45) is 0 Å². The molecule has 5 nitrogen and oxygen atoms in total. The van der Waals surface area contributed by atoms with Gasteiger partial charge in [-0.15, -0.1) is 0 Å². The number of aromatic nitrogens is 1. The standard InChI is InChI=1S/C11H16BrN3O2/c1-4-17-11(16)7(3)15-10-9(12)6(2)8(13)5-14-10/h5,7H,4,13H2,1-3H3,(H,14,15). The molecule has 0 radical (unpaired) electrons. The van der Waals surface area contributed by atoms with E-state index in [0.29, 0.717) is 18.1 Å². The summed E-state index contributed by atoms with van der Waals surface area (Å²) in [4.78, 5) is 15.6. The Balaban J connectivity index is 2.82. The molecule has 1 atom stereocenters. The number of carbonyl (C=O) groups excluding carboxylic acids is 1. The zero-order valence-corrected chi connectivity index (χ0v) is 11.7. The summed E-state index contributed by atoms with van der Waals surface area (Å²) < 4.78 is 5.66. The SMILES string of the molecule is CCOC(=O)C(C)Nc1ncc(N)c(C)c1Br. The third-order valence-electron chi connectivity index (χ3n) is 2.30. The molecule has 1 aromatic rings. The van der Waals surface area contributed by atoms with Gasteiger partial charge in [0.2, 0.25) is 0 Å². The van der Waals surface area contributed by atoms with Crippen LogP contribution < -0.4 is 11.1 Å². The molecule has 1 rings (SSSR count). The van der Waals surface area contributed by atoms with Crippen molar-refractivity contribution < 1.29 is 9.53 Å². The van der Waals surface area contributed by atoms with Crippen molar-refractivity contribution in [2.45, 2.75) is 26.8 Å². The Kier molecular flexibility index (Phi) is 4.74. The van der Waals surface area contributed by atoms with Gasteiger partial charge in [-0.05, 0) is 42.3 Å². The number of halogens is 1. The minimum Gasteiger partial charge on any atom is -0.464 e. The van der Waals surface area contributed by atoms with Gasteiger partial charge in [0.25, 0.3) is 0 Å². The van der Waals surface area contributed by atoms with E-state index in [9.17, 15) is 4.79 Å². The van der Waals surface area contributed by atoms with Gasteiger partial charge in [0.15, 0.2) is 0 Å². The Bertz CT molecular complexity index is 423. The molecule has 94 valence electrons. The van der Waals surface area contributed by atoms with Crippen molar-refractivity contribution in [3.05, 3.63) is 16.2 Å². The smallest absolute Gasteiger partial charge is 0.328 e. The minimum absolute atomic E-state index is 0.310. The Morgan fingerprint density at radius 1 is 1.71 bits per heavy atom. The fourth-order valence-electron chi connectivity index (χ4n) is 1.22. The largest absolute Gasteiger partial charge is 0.464 e. The second kappa shape index (κ2) is 5.86. The van der Waals surface area contributed by atoms with E-state index in [1.807, 2.05) is 6.92 Å². The number of nitrogens with zero attached hydrogens (tertiary/aromatic N) is 1. The highest BCUT2D eigenvalue weighted by Gasteiger charge is 2.16. The fourth-order valence-corrected chi connectivity index (χ4v) is 1.67. The first-order valence-electron chi connectivity index (χ1n) is 5.31. The van der Waals surface area contributed by atoms with Crippen LogP contribution in [0.4, 0.5) is 11.5 Å². The van der Waals surface area contributed by atoms with Crippen LogP contribution in [0.25, 0.3) is 0 Å². The van der Waals surface area contributed by atoms with Crippen molar-refractivity contribution in [3.63, 3.8) is 0 Å². The highest BCUT2D eigenvalue weighted by molar-refractivity contribution is 9.10. The lowest BCUT2D eigenvalue weighted by Gasteiger charge is -2.15. The first-order valence-corrected chi connectivity index (χ1v) is 6.10. The topological polar surface area (TPSA) is 77.2 Å². The van der Waals surface area contributed by atoms with Gasteiger partial charge in [-0.25, -0.2) is 9.78 Å². The second-order valence-electron chi connectivity index (χ2n) is 3.62. The third-order valence-corrected chi connectivity index (χ3v) is 3.27. The number of nitrogens with one attached hydrogen (secondary N) is 1. The van der Waals surface area contributed by atoms with Crippen molar-refractivity contribution in [3.8, 4) is 0 Å². The maximum absolute atomic E-state index is 11.5. The van der Waals surface area contributed by atoms with Crippen molar-refractivity contribution in [1.29, 1.82) is 0 Å². The summed E-state index contributed by atoms with van der Waals surface area (Å²) in [6.45, 7) is 5.73. The summed E-state index contributed by atoms with van der Waals surface area (Å²) in [5.41, 5.74) is 7.21. The zero-order chi connectivity index (χ0) is 13.0. The molecule has 0 aliphatic heterocycles. The minimum atomic E-state index is -0.457. The fraction of sp³-hybridized carbons (Fsp3) is 0.455. The molecule has 1 heterocycles. The Morgan fingerprint density at radius 3 is 2.94 bits per heavy atom. The molecule has 6 heteroatoms. The molecule has 0 amide bonds. The molecule has 0 aliphatic rings. The average molecular weight is 302 g/mol. The number of nitrogen functional groups attached to an aromatic ring is 1. The van der Waals surface area contributed by atoms with E-state index in [1.165, 1.54) is 0 Å². The van der Waals surface area contributed by atoms with Gasteiger partial charge in [0, 0.05) is 0 Å². The van der Waals surface area contributed by atoms with Gasteiger partial charge in [-0.3, -0.25) is 0 Å². The van der Waals surface area contributed by atoms with Crippen molar-refractivity contribution in [1.82, 2.24) is 4.98 Å². The molecule has 0 saturated carbocycles. The van der Waals surface area contributed by atoms with Gasteiger partial charge in [-0.1, -0.05) is 0 Å². The van der Waals surface area contributed by atoms with E-state index in [4.69, 9.17) is 10.5 Å². The molecule has 1 aromatic heterocycles. The average Bonchev–Trinajstić information content (AvgIpc) is 2.30. The summed E-state index contributed by atoms with van der Waals surface area (Å²) >= 11 is 3.39. The maximum atomic E-state index is 11.5. The Morgan fingerprint density at radius 2 is 2.35 bits per heavy atom. The molecular weight excluding hydrogens is 286 g/mol. The number of carbonyl (C=O) groups is 1. The molecule has 0 fully saturated rings. The second-order valence-corrected chi connectivity index (χ2v) is 4.41. The molecule has 0 bridgehead atoms. The van der Waals surface area contributed by atoms with Crippen LogP contribution in [0.2, 0.25) is 0 Å². The Hall–Kier alpha value is -1.30. The number of rotatable bonds is 4. The van der Waals surface area contributed by atoms with Crippen molar-refractivity contribution in [2.75, 3.05) is 17.7 Å². The molecule has 0 aromatic carbocycles. The van der Waals surface area contributed by atoms with E-state index in [2.05, 4.69) is 26.2 Å². The number of hydrogen-bond donors (Lipinski definition) is 2. The van der Waals surface area contributed by atoms with E-state index >= 15 is 0 Å². The predicted molar refractivity (Wildman–Crippen MR) is 70.8 cm³/mol. The quantitative estimate of drug-likeness (QED) is 0.833. The molecule has 0 spiro atoms. The molecule has 0 saturated heterocycles. The lowest BCUT2D eigenvalue weighted by Crippen LogP contribution is -2.28. The molecule has 0 aliphatic carbocycles. The number of esters is 1. The van der Waals surface area contributed by atoms with Gasteiger partial charge >= 0.3 is 5.97 Å². The van der Waals surface area contributed by atoms with Crippen LogP contribution in [0.3, 0.4) is 0 Å². The molecular formula is C11H16BrN3O2. The first-order chi connectivity index (χ1) is 7.97. The lowest BCUT2D eigenvalue weighted by molar-refractivity contribution is -0.143. The zero-order valence-electron chi connectivity index (χ0n) is 10.1. The van der Waals surface area contributed by atoms with E-state index in [1.54, 1.807) is 20.0 Å². The summed E-state index contributed by atoms with van der Waals surface area (Å²) in [6, 6.07) is -0.457. The predicted octanol–water partition coefficient (Wildman–Crippen LogP) is 2.10. The monoisotopic (exact) mass is 301 g/mol. The van der Waals surface area contributed by atoms with Crippen LogP contribution in [-0.2, 0) is 9.53 Å². The first kappa shape index (κ1) is 13.8. The number of pyridine rings is 1. The number of nitrogens with two attached hydrogens (primary N) is 1. The molecule has 1 unspecified atom stereocenters. The van der Waals surface area contributed by atoms with Crippen LogP contribution in [0.5, 0.6) is 0 Å².